The Morgan fingerprint density at radius 1 is 0.769 bits per heavy atom. The molecule has 7 nitrogen and oxygen atoms in total. The third kappa shape index (κ3) is 5.99. The average Bonchev–Trinajstić information content (AvgIpc) is 3.30. The summed E-state index contributed by atoms with van der Waals surface area (Å²) in [7, 11) is 0. The van der Waals surface area contributed by atoms with E-state index in [2.05, 4.69) is 27.9 Å². The number of amides is 1. The molecule has 0 atom stereocenters. The minimum atomic E-state index is -0.681. The molecule has 3 aromatic heterocycles. The second-order valence-corrected chi connectivity index (χ2v) is 9.66. The van der Waals surface area contributed by atoms with Crippen molar-refractivity contribution >= 4 is 34.4 Å². The zero-order chi connectivity index (χ0) is 27.4. The Morgan fingerprint density at radius 2 is 1.49 bits per heavy atom. The van der Waals surface area contributed by atoms with Gasteiger partial charge in [-0.25, -0.2) is 4.98 Å². The molecule has 0 saturated heterocycles. The Bertz CT molecular complexity index is 1620. The van der Waals surface area contributed by atoms with Gasteiger partial charge < -0.3 is 20.4 Å². The number of benzene rings is 2. The van der Waals surface area contributed by atoms with Gasteiger partial charge >= 0.3 is 0 Å². The third-order valence-electron chi connectivity index (χ3n) is 6.42. The van der Waals surface area contributed by atoms with Crippen molar-refractivity contribution < 1.29 is 9.59 Å². The number of fused-ring (bicyclic) bond motifs is 1. The third-order valence-corrected chi connectivity index (χ3v) is 6.42. The zero-order valence-electron chi connectivity index (χ0n) is 22.3. The van der Waals surface area contributed by atoms with Gasteiger partial charge in [-0.15, -0.1) is 0 Å². The fourth-order valence-electron chi connectivity index (χ4n) is 4.64. The average molecular weight is 518 g/mol. The quantitative estimate of drug-likeness (QED) is 0.122. The summed E-state index contributed by atoms with van der Waals surface area (Å²) in [6, 6.07) is 26.9. The molecule has 0 aliphatic rings. The van der Waals surface area contributed by atoms with Gasteiger partial charge in [0.05, 0.1) is 0 Å². The highest BCUT2D eigenvalue weighted by atomic mass is 16.2. The predicted molar refractivity (Wildman–Crippen MR) is 158 cm³/mol. The first kappa shape index (κ1) is 25.7. The van der Waals surface area contributed by atoms with E-state index >= 15 is 0 Å². The summed E-state index contributed by atoms with van der Waals surface area (Å²) >= 11 is 0. The number of hydrogen-bond acceptors (Lipinski definition) is 5. The molecule has 39 heavy (non-hydrogen) atoms. The molecule has 2 aromatic carbocycles. The molecule has 196 valence electrons. The molecule has 0 aliphatic carbocycles. The van der Waals surface area contributed by atoms with Crippen LogP contribution in [-0.2, 0) is 4.79 Å². The van der Waals surface area contributed by atoms with E-state index in [-0.39, 0.29) is 0 Å². The van der Waals surface area contributed by atoms with Crippen LogP contribution in [0.5, 0.6) is 0 Å². The van der Waals surface area contributed by atoms with E-state index < -0.39 is 11.7 Å². The summed E-state index contributed by atoms with van der Waals surface area (Å²) in [5.74, 6) is -0.411. The molecule has 0 spiro atoms. The number of nitrogens with one attached hydrogen (secondary N) is 3. The van der Waals surface area contributed by atoms with Gasteiger partial charge in [-0.3, -0.25) is 9.59 Å². The summed E-state index contributed by atoms with van der Waals surface area (Å²) < 4.78 is 1.80. The number of Topliss-reactive ketones (excluding diaryl/α,β-unsaturated/α-hetero) is 1. The van der Waals surface area contributed by atoms with Crippen molar-refractivity contribution in [3.63, 3.8) is 0 Å². The summed E-state index contributed by atoms with van der Waals surface area (Å²) in [4.78, 5) is 31.1. The second-order valence-electron chi connectivity index (χ2n) is 9.66. The highest BCUT2D eigenvalue weighted by Gasteiger charge is 2.25. The molecule has 7 heteroatoms. The fraction of sp³-hybridized carbons (Fsp3) is 0.156. The van der Waals surface area contributed by atoms with Crippen LogP contribution in [0.4, 0.5) is 17.2 Å². The molecule has 5 rings (SSSR count). The van der Waals surface area contributed by atoms with Crippen LogP contribution in [-0.4, -0.2) is 34.2 Å². The molecule has 0 bridgehead atoms. The number of carbonyl (C=O) groups excluding carboxylic acids is 2. The van der Waals surface area contributed by atoms with E-state index in [1.54, 1.807) is 16.5 Å². The standard InChI is InChI=1S/C32H31N5O2/c1-21-9-14-27-19-28(24-7-5-4-6-8-24)30(37(27)20-21)31(38)32(39)36-26-12-10-25(11-13-26)33-15-16-34-29-18-22(2)17-23(3)35-29/h4-14,17-20,33H,15-16H2,1-3H3,(H,34,35)(H,36,39). The predicted octanol–water partition coefficient (Wildman–Crippen LogP) is 6.27. The molecule has 0 radical (unpaired) electrons. The molecular weight excluding hydrogens is 486 g/mol. The van der Waals surface area contributed by atoms with Gasteiger partial charge in [0.15, 0.2) is 0 Å². The lowest BCUT2D eigenvalue weighted by Gasteiger charge is -2.11. The SMILES string of the molecule is Cc1cc(C)nc(NCCNc2ccc(NC(=O)C(=O)c3c(-c4ccccc4)cc4ccc(C)cn34)cc2)c1. The van der Waals surface area contributed by atoms with E-state index in [0.717, 1.165) is 39.4 Å². The molecule has 3 heterocycles. The van der Waals surface area contributed by atoms with E-state index in [9.17, 15) is 9.59 Å². The Morgan fingerprint density at radius 3 is 2.23 bits per heavy atom. The number of aromatic nitrogens is 2. The fourth-order valence-corrected chi connectivity index (χ4v) is 4.64. The van der Waals surface area contributed by atoms with Crippen molar-refractivity contribution in [2.75, 3.05) is 29.0 Å². The van der Waals surface area contributed by atoms with Gasteiger partial charge in [0.25, 0.3) is 11.7 Å². The first-order chi connectivity index (χ1) is 18.9. The maximum absolute atomic E-state index is 13.5. The lowest BCUT2D eigenvalue weighted by Crippen LogP contribution is -2.24. The van der Waals surface area contributed by atoms with Gasteiger partial charge in [-0.2, -0.15) is 0 Å². The lowest BCUT2D eigenvalue weighted by atomic mass is 10.0. The molecular formula is C32H31N5O2. The van der Waals surface area contributed by atoms with Crippen LogP contribution in [0.15, 0.2) is 91.1 Å². The zero-order valence-corrected chi connectivity index (χ0v) is 22.3. The summed E-state index contributed by atoms with van der Waals surface area (Å²) in [5, 5.41) is 9.43. The van der Waals surface area contributed by atoms with Gasteiger partial charge in [0, 0.05) is 47.4 Å². The topological polar surface area (TPSA) is 87.5 Å². The molecule has 0 unspecified atom stereocenters. The number of nitrogens with zero attached hydrogens (tertiary/aromatic N) is 2. The largest absolute Gasteiger partial charge is 0.383 e. The maximum atomic E-state index is 13.5. The minimum Gasteiger partial charge on any atom is -0.383 e. The normalized spacial score (nSPS) is 10.8. The van der Waals surface area contributed by atoms with Crippen LogP contribution in [0.3, 0.4) is 0 Å². The van der Waals surface area contributed by atoms with E-state index in [1.807, 2.05) is 92.8 Å². The van der Waals surface area contributed by atoms with Crippen LogP contribution < -0.4 is 16.0 Å². The smallest absolute Gasteiger partial charge is 0.298 e. The molecule has 0 saturated carbocycles. The Hall–Kier alpha value is -4.91. The monoisotopic (exact) mass is 517 g/mol. The first-order valence-corrected chi connectivity index (χ1v) is 12.9. The summed E-state index contributed by atoms with van der Waals surface area (Å²) in [6.45, 7) is 7.39. The van der Waals surface area contributed by atoms with Crippen LogP contribution in [0.1, 0.15) is 27.3 Å². The van der Waals surface area contributed by atoms with E-state index in [0.29, 0.717) is 24.5 Å². The van der Waals surface area contributed by atoms with E-state index in [1.165, 1.54) is 5.56 Å². The van der Waals surface area contributed by atoms with Crippen molar-refractivity contribution in [1.82, 2.24) is 9.38 Å². The molecule has 1 amide bonds. The number of rotatable bonds is 9. The van der Waals surface area contributed by atoms with Gasteiger partial charge in [-0.1, -0.05) is 36.4 Å². The Labute approximate surface area is 227 Å². The Balaban J connectivity index is 1.25. The highest BCUT2D eigenvalue weighted by molar-refractivity contribution is 6.47. The van der Waals surface area contributed by atoms with Crippen molar-refractivity contribution in [3.05, 3.63) is 114 Å². The van der Waals surface area contributed by atoms with Crippen molar-refractivity contribution in [3.8, 4) is 11.1 Å². The lowest BCUT2D eigenvalue weighted by molar-refractivity contribution is -0.112. The maximum Gasteiger partial charge on any atom is 0.298 e. The van der Waals surface area contributed by atoms with Crippen molar-refractivity contribution in [2.24, 2.45) is 0 Å². The van der Waals surface area contributed by atoms with Crippen LogP contribution in [0, 0.1) is 20.8 Å². The van der Waals surface area contributed by atoms with Crippen LogP contribution in [0.25, 0.3) is 16.6 Å². The first-order valence-electron chi connectivity index (χ1n) is 12.9. The summed E-state index contributed by atoms with van der Waals surface area (Å²) in [5.41, 5.74) is 7.43. The minimum absolute atomic E-state index is 0.349. The number of carbonyl (C=O) groups is 2. The van der Waals surface area contributed by atoms with Gasteiger partial charge in [-0.05, 0) is 86.0 Å². The number of hydrogen-bond donors (Lipinski definition) is 3. The number of pyridine rings is 2. The molecule has 0 aliphatic heterocycles. The molecule has 0 fully saturated rings. The number of aryl methyl sites for hydroxylation is 3. The van der Waals surface area contributed by atoms with Gasteiger partial charge in [0.2, 0.25) is 0 Å². The highest BCUT2D eigenvalue weighted by Crippen LogP contribution is 2.29. The van der Waals surface area contributed by atoms with Crippen molar-refractivity contribution in [2.45, 2.75) is 20.8 Å². The van der Waals surface area contributed by atoms with Crippen LogP contribution in [0.2, 0.25) is 0 Å². The molecule has 5 aromatic rings. The Kier molecular flexibility index (Phi) is 7.41. The summed E-state index contributed by atoms with van der Waals surface area (Å²) in [6.07, 6.45) is 1.88. The second kappa shape index (κ2) is 11.2. The van der Waals surface area contributed by atoms with Crippen molar-refractivity contribution in [1.29, 1.82) is 0 Å². The van der Waals surface area contributed by atoms with E-state index in [4.69, 9.17) is 0 Å². The van der Waals surface area contributed by atoms with Crippen LogP contribution >= 0.6 is 0 Å². The number of anilines is 3. The van der Waals surface area contributed by atoms with Gasteiger partial charge in [0.1, 0.15) is 11.5 Å². The number of ketones is 1. The molecule has 3 N–H and O–H groups in total.